The Kier molecular flexibility index (Phi) is 6.43. The molecule has 0 saturated carbocycles. The van der Waals surface area contributed by atoms with Crippen LogP contribution in [0.2, 0.25) is 0 Å². The number of benzene rings is 4. The fourth-order valence-electron chi connectivity index (χ4n) is 4.58. The number of hydrogen-bond donors (Lipinski definition) is 3. The highest BCUT2D eigenvalue weighted by Gasteiger charge is 2.21. The molecule has 2 heterocycles. The van der Waals surface area contributed by atoms with E-state index in [-0.39, 0.29) is 50.7 Å². The Morgan fingerprint density at radius 2 is 1.12 bits per heavy atom. The Morgan fingerprint density at radius 1 is 0.571 bits per heavy atom. The van der Waals surface area contributed by atoms with E-state index in [9.17, 15) is 24.9 Å². The summed E-state index contributed by atoms with van der Waals surface area (Å²) < 4.78 is 28.1. The fraction of sp³-hybridized carbons (Fsp3) is 0.0625. The van der Waals surface area contributed by atoms with Gasteiger partial charge < -0.3 is 38.4 Å². The highest BCUT2D eigenvalue weighted by atomic mass is 16.5. The molecule has 0 aliphatic heterocycles. The van der Waals surface area contributed by atoms with E-state index in [0.29, 0.717) is 22.6 Å². The van der Waals surface area contributed by atoms with Gasteiger partial charge in [-0.1, -0.05) is 0 Å². The van der Waals surface area contributed by atoms with Crippen molar-refractivity contribution in [3.05, 3.63) is 99.3 Å². The van der Waals surface area contributed by atoms with E-state index in [2.05, 4.69) is 0 Å². The lowest BCUT2D eigenvalue weighted by molar-refractivity contribution is 0.401. The van der Waals surface area contributed by atoms with Gasteiger partial charge in [-0.05, 0) is 48.5 Å². The van der Waals surface area contributed by atoms with Crippen LogP contribution in [-0.4, -0.2) is 29.5 Å². The van der Waals surface area contributed by atoms with Gasteiger partial charge in [-0.3, -0.25) is 9.59 Å². The molecular weight excluding hydrogens is 544 g/mol. The minimum Gasteiger partial charge on any atom is -0.507 e. The molecule has 0 unspecified atom stereocenters. The molecular formula is C32H22O10. The second-order valence-corrected chi connectivity index (χ2v) is 9.27. The second kappa shape index (κ2) is 10.3. The molecule has 2 aromatic heterocycles. The molecule has 0 atom stereocenters. The number of rotatable bonds is 6. The van der Waals surface area contributed by atoms with Gasteiger partial charge in [-0.25, -0.2) is 0 Å². The first-order valence-corrected chi connectivity index (χ1v) is 12.6. The van der Waals surface area contributed by atoms with E-state index < -0.39 is 22.4 Å². The maximum Gasteiger partial charge on any atom is 0.212 e. The molecule has 42 heavy (non-hydrogen) atoms. The molecule has 6 rings (SSSR count). The molecule has 0 radical (unpaired) electrons. The van der Waals surface area contributed by atoms with E-state index in [1.165, 1.54) is 38.5 Å². The SMILES string of the molecule is COc1ccc(-c2cc(=O)c3c(O)cc(O)c(Oc4ccc(-c5cc(=O)c6c(O)cc(OC)cc6o5)cc4)c3o2)cc1. The molecule has 0 aliphatic carbocycles. The van der Waals surface area contributed by atoms with E-state index in [1.807, 2.05) is 0 Å². The van der Waals surface area contributed by atoms with Crippen molar-refractivity contribution in [3.8, 4) is 62.9 Å². The molecule has 0 amide bonds. The van der Waals surface area contributed by atoms with Gasteiger partial charge in [0, 0.05) is 41.5 Å². The summed E-state index contributed by atoms with van der Waals surface area (Å²) in [5.41, 5.74) is 0.123. The third-order valence-electron chi connectivity index (χ3n) is 6.67. The van der Waals surface area contributed by atoms with Gasteiger partial charge in [0.15, 0.2) is 22.2 Å². The first-order valence-electron chi connectivity index (χ1n) is 12.6. The lowest BCUT2D eigenvalue weighted by Crippen LogP contribution is -2.02. The van der Waals surface area contributed by atoms with Crippen molar-refractivity contribution in [1.29, 1.82) is 0 Å². The van der Waals surface area contributed by atoms with Gasteiger partial charge in [0.25, 0.3) is 0 Å². The molecule has 0 spiro atoms. The van der Waals surface area contributed by atoms with E-state index >= 15 is 0 Å². The maximum absolute atomic E-state index is 13.0. The maximum atomic E-state index is 13.0. The molecule has 3 N–H and O–H groups in total. The summed E-state index contributed by atoms with van der Waals surface area (Å²) in [5, 5.41) is 31.2. The van der Waals surface area contributed by atoms with Crippen molar-refractivity contribution >= 4 is 21.9 Å². The van der Waals surface area contributed by atoms with Crippen LogP contribution in [-0.2, 0) is 0 Å². The minimum absolute atomic E-state index is 0.0321. The number of ether oxygens (including phenoxy) is 3. The molecule has 0 saturated heterocycles. The normalized spacial score (nSPS) is 11.1. The van der Waals surface area contributed by atoms with Gasteiger partial charge in [0.1, 0.15) is 56.6 Å². The van der Waals surface area contributed by atoms with Crippen molar-refractivity contribution in [3.63, 3.8) is 0 Å². The molecule has 10 nitrogen and oxygen atoms in total. The van der Waals surface area contributed by atoms with Gasteiger partial charge >= 0.3 is 0 Å². The molecule has 6 aromatic rings. The zero-order chi connectivity index (χ0) is 29.5. The third kappa shape index (κ3) is 4.60. The average molecular weight is 567 g/mol. The summed E-state index contributed by atoms with van der Waals surface area (Å²) in [7, 11) is 2.97. The van der Waals surface area contributed by atoms with Gasteiger partial charge in [0.05, 0.1) is 14.2 Å². The smallest absolute Gasteiger partial charge is 0.212 e. The summed E-state index contributed by atoms with van der Waals surface area (Å²) in [5.74, 6) is 0.272. The van der Waals surface area contributed by atoms with Crippen molar-refractivity contribution < 1.29 is 38.4 Å². The molecule has 10 heteroatoms. The van der Waals surface area contributed by atoms with Gasteiger partial charge in [-0.2, -0.15) is 0 Å². The van der Waals surface area contributed by atoms with E-state index in [0.717, 1.165) is 6.07 Å². The minimum atomic E-state index is -0.534. The number of phenolic OH excluding ortho intramolecular Hbond substituents is 3. The summed E-state index contributed by atoms with van der Waals surface area (Å²) in [6, 6.07) is 19.5. The average Bonchev–Trinajstić information content (AvgIpc) is 2.98. The molecule has 0 bridgehead atoms. The van der Waals surface area contributed by atoms with Crippen molar-refractivity contribution in [2.45, 2.75) is 0 Å². The van der Waals surface area contributed by atoms with Crippen LogP contribution in [0.25, 0.3) is 44.6 Å². The van der Waals surface area contributed by atoms with Crippen LogP contribution < -0.4 is 25.1 Å². The van der Waals surface area contributed by atoms with Crippen LogP contribution in [0, 0.1) is 0 Å². The predicted octanol–water partition coefficient (Wildman–Crippen LogP) is 6.16. The van der Waals surface area contributed by atoms with Gasteiger partial charge in [0.2, 0.25) is 5.75 Å². The van der Waals surface area contributed by atoms with Crippen molar-refractivity contribution in [2.24, 2.45) is 0 Å². The zero-order valence-electron chi connectivity index (χ0n) is 22.2. The predicted molar refractivity (Wildman–Crippen MR) is 154 cm³/mol. The highest BCUT2D eigenvalue weighted by molar-refractivity contribution is 5.92. The first-order chi connectivity index (χ1) is 20.2. The summed E-state index contributed by atoms with van der Waals surface area (Å²) in [4.78, 5) is 25.7. The molecule has 0 fully saturated rings. The lowest BCUT2D eigenvalue weighted by Gasteiger charge is -2.13. The number of fused-ring (bicyclic) bond motifs is 2. The largest absolute Gasteiger partial charge is 0.507 e. The van der Waals surface area contributed by atoms with Crippen molar-refractivity contribution in [1.82, 2.24) is 0 Å². The highest BCUT2D eigenvalue weighted by Crippen LogP contribution is 2.43. The third-order valence-corrected chi connectivity index (χ3v) is 6.67. The van der Waals surface area contributed by atoms with Gasteiger partial charge in [-0.15, -0.1) is 0 Å². The van der Waals surface area contributed by atoms with Crippen LogP contribution in [0.5, 0.6) is 40.2 Å². The molecule has 0 aliphatic rings. The van der Waals surface area contributed by atoms with Crippen LogP contribution in [0.15, 0.2) is 97.3 Å². The fourth-order valence-corrected chi connectivity index (χ4v) is 4.58. The summed E-state index contributed by atoms with van der Waals surface area (Å²) >= 11 is 0. The Morgan fingerprint density at radius 3 is 1.74 bits per heavy atom. The Hall–Kier alpha value is -5.90. The van der Waals surface area contributed by atoms with Crippen LogP contribution in [0.4, 0.5) is 0 Å². The second-order valence-electron chi connectivity index (χ2n) is 9.27. The molecule has 4 aromatic carbocycles. The first kappa shape index (κ1) is 26.3. The summed E-state index contributed by atoms with van der Waals surface area (Å²) in [6.07, 6.45) is 0. The van der Waals surface area contributed by atoms with Crippen LogP contribution in [0.3, 0.4) is 0 Å². The topological polar surface area (TPSA) is 149 Å². The van der Waals surface area contributed by atoms with E-state index in [1.54, 1.807) is 48.5 Å². The Labute approximate surface area is 236 Å². The summed E-state index contributed by atoms with van der Waals surface area (Å²) in [6.45, 7) is 0. The molecule has 210 valence electrons. The van der Waals surface area contributed by atoms with Crippen molar-refractivity contribution in [2.75, 3.05) is 14.2 Å². The standard InChI is InChI=1S/C32H22O10/c1-38-18-7-3-17(4-8-18)27-15-24(36)30-22(34)13-25(37)31(32(30)42-27)40-19-9-5-16(6-10-19)26-14-23(35)29-21(33)11-20(39-2)12-28(29)41-26/h3-15,33-34,37H,1-2H3. The van der Waals surface area contributed by atoms with Crippen LogP contribution >= 0.6 is 0 Å². The number of aromatic hydroxyl groups is 3. The quantitative estimate of drug-likeness (QED) is 0.214. The lowest BCUT2D eigenvalue weighted by atomic mass is 10.1. The Bertz CT molecular complexity index is 2090. The van der Waals surface area contributed by atoms with E-state index in [4.69, 9.17) is 23.0 Å². The Balaban J connectivity index is 1.39. The number of phenols is 3. The zero-order valence-corrected chi connectivity index (χ0v) is 22.2. The van der Waals surface area contributed by atoms with Crippen LogP contribution in [0.1, 0.15) is 0 Å². The monoisotopic (exact) mass is 566 g/mol. The number of hydrogen-bond acceptors (Lipinski definition) is 10. The number of methoxy groups -OCH3 is 2.